The van der Waals surface area contributed by atoms with Gasteiger partial charge in [0, 0.05) is 12.1 Å². The highest BCUT2D eigenvalue weighted by atomic mass is 16.5. The Hall–Kier alpha value is -2.63. The molecule has 1 aromatic heterocycles. The molecule has 0 unspecified atom stereocenters. The number of rotatable bonds is 4. The van der Waals surface area contributed by atoms with Crippen molar-refractivity contribution in [3.63, 3.8) is 0 Å². The van der Waals surface area contributed by atoms with E-state index in [1.54, 1.807) is 38.1 Å². The second kappa shape index (κ2) is 5.56. The minimum absolute atomic E-state index is 0.259. The highest BCUT2D eigenvalue weighted by molar-refractivity contribution is 5.96. The maximum atomic E-state index is 12.0. The summed E-state index contributed by atoms with van der Waals surface area (Å²) in [7, 11) is 0. The molecule has 20 heavy (non-hydrogen) atoms. The van der Waals surface area contributed by atoms with E-state index in [0.717, 1.165) is 5.56 Å². The van der Waals surface area contributed by atoms with Crippen LogP contribution < -0.4 is 11.1 Å². The third-order valence-corrected chi connectivity index (χ3v) is 2.93. The van der Waals surface area contributed by atoms with Crippen molar-refractivity contribution in [2.45, 2.75) is 20.4 Å². The van der Waals surface area contributed by atoms with Gasteiger partial charge in [0.2, 0.25) is 5.91 Å². The van der Waals surface area contributed by atoms with Gasteiger partial charge in [-0.15, -0.1) is 0 Å². The predicted octanol–water partition coefficient (Wildman–Crippen LogP) is 1.32. The summed E-state index contributed by atoms with van der Waals surface area (Å²) in [6, 6.07) is 6.80. The number of aromatic nitrogens is 1. The molecule has 0 fully saturated rings. The van der Waals surface area contributed by atoms with Crippen LogP contribution in [-0.4, -0.2) is 17.0 Å². The molecule has 2 amide bonds. The molecule has 0 saturated heterocycles. The van der Waals surface area contributed by atoms with Crippen molar-refractivity contribution in [1.82, 2.24) is 10.5 Å². The van der Waals surface area contributed by atoms with E-state index in [1.165, 1.54) is 0 Å². The van der Waals surface area contributed by atoms with E-state index < -0.39 is 5.91 Å². The highest BCUT2D eigenvalue weighted by Crippen LogP contribution is 2.12. The lowest BCUT2D eigenvalue weighted by molar-refractivity contribution is 0.0948. The van der Waals surface area contributed by atoms with E-state index in [1.807, 2.05) is 0 Å². The number of hydrogen-bond acceptors (Lipinski definition) is 4. The molecule has 0 atom stereocenters. The van der Waals surface area contributed by atoms with Gasteiger partial charge in [-0.25, -0.2) is 0 Å². The zero-order chi connectivity index (χ0) is 14.7. The number of primary amides is 1. The van der Waals surface area contributed by atoms with Gasteiger partial charge in [-0.3, -0.25) is 9.59 Å². The summed E-state index contributed by atoms with van der Waals surface area (Å²) in [5.41, 5.74) is 7.40. The fourth-order valence-electron chi connectivity index (χ4n) is 1.91. The number of aryl methyl sites for hydroxylation is 2. The molecule has 104 valence electrons. The quantitative estimate of drug-likeness (QED) is 0.877. The molecule has 0 aliphatic heterocycles. The Morgan fingerprint density at radius 1 is 1.35 bits per heavy atom. The molecule has 0 spiro atoms. The second-order valence-electron chi connectivity index (χ2n) is 4.45. The summed E-state index contributed by atoms with van der Waals surface area (Å²) >= 11 is 0. The molecule has 6 heteroatoms. The van der Waals surface area contributed by atoms with E-state index in [-0.39, 0.29) is 5.91 Å². The Morgan fingerprint density at radius 2 is 2.10 bits per heavy atom. The van der Waals surface area contributed by atoms with Crippen molar-refractivity contribution in [2.75, 3.05) is 0 Å². The fourth-order valence-corrected chi connectivity index (χ4v) is 1.91. The lowest BCUT2D eigenvalue weighted by Crippen LogP contribution is -2.24. The standard InChI is InChI=1S/C14H15N3O3/c1-8-12(9(2)20-17-8)14(19)16-7-10-4-3-5-11(6-10)13(15)18/h3-6H,7H2,1-2H3,(H2,15,18)(H,16,19). The van der Waals surface area contributed by atoms with Crippen LogP contribution in [0.2, 0.25) is 0 Å². The largest absolute Gasteiger partial charge is 0.366 e. The van der Waals surface area contributed by atoms with Crippen LogP contribution in [0.25, 0.3) is 0 Å². The van der Waals surface area contributed by atoms with Gasteiger partial charge >= 0.3 is 0 Å². The third kappa shape index (κ3) is 2.85. The predicted molar refractivity (Wildman–Crippen MR) is 72.1 cm³/mol. The summed E-state index contributed by atoms with van der Waals surface area (Å²) in [6.07, 6.45) is 0. The molecular weight excluding hydrogens is 258 g/mol. The molecule has 0 radical (unpaired) electrons. The fraction of sp³-hybridized carbons (Fsp3) is 0.214. The molecule has 2 rings (SSSR count). The summed E-state index contributed by atoms with van der Waals surface area (Å²) in [6.45, 7) is 3.69. The van der Waals surface area contributed by atoms with E-state index in [4.69, 9.17) is 10.3 Å². The molecule has 3 N–H and O–H groups in total. The number of benzene rings is 1. The monoisotopic (exact) mass is 273 g/mol. The van der Waals surface area contributed by atoms with Gasteiger partial charge < -0.3 is 15.6 Å². The van der Waals surface area contributed by atoms with Gasteiger partial charge in [-0.05, 0) is 31.5 Å². The number of carbonyl (C=O) groups excluding carboxylic acids is 2. The molecule has 0 bridgehead atoms. The normalized spacial score (nSPS) is 10.3. The third-order valence-electron chi connectivity index (χ3n) is 2.93. The Kier molecular flexibility index (Phi) is 3.84. The highest BCUT2D eigenvalue weighted by Gasteiger charge is 2.16. The molecular formula is C14H15N3O3. The number of amides is 2. The first kappa shape index (κ1) is 13.8. The van der Waals surface area contributed by atoms with Crippen LogP contribution in [0, 0.1) is 13.8 Å². The second-order valence-corrected chi connectivity index (χ2v) is 4.45. The Bertz CT molecular complexity index is 642. The van der Waals surface area contributed by atoms with E-state index in [0.29, 0.717) is 29.1 Å². The van der Waals surface area contributed by atoms with Crippen molar-refractivity contribution >= 4 is 11.8 Å². The van der Waals surface area contributed by atoms with Gasteiger partial charge in [0.15, 0.2) is 0 Å². The summed E-state index contributed by atoms with van der Waals surface area (Å²) in [5.74, 6) is -0.277. The molecule has 0 aliphatic carbocycles. The van der Waals surface area contributed by atoms with Crippen LogP contribution in [0.1, 0.15) is 37.7 Å². The number of nitrogens with two attached hydrogens (primary N) is 1. The van der Waals surface area contributed by atoms with Gasteiger partial charge in [0.05, 0.1) is 5.69 Å². The molecule has 0 aliphatic rings. The number of hydrogen-bond donors (Lipinski definition) is 2. The Labute approximate surface area is 115 Å². The molecule has 1 aromatic carbocycles. The van der Waals surface area contributed by atoms with Crippen molar-refractivity contribution in [2.24, 2.45) is 5.73 Å². The van der Waals surface area contributed by atoms with E-state index >= 15 is 0 Å². The van der Waals surface area contributed by atoms with Crippen LogP contribution in [0.15, 0.2) is 28.8 Å². The van der Waals surface area contributed by atoms with E-state index in [9.17, 15) is 9.59 Å². The number of nitrogens with zero attached hydrogens (tertiary/aromatic N) is 1. The first-order chi connectivity index (χ1) is 9.49. The average Bonchev–Trinajstić information content (AvgIpc) is 2.76. The average molecular weight is 273 g/mol. The minimum atomic E-state index is -0.496. The first-order valence-electron chi connectivity index (χ1n) is 6.09. The van der Waals surface area contributed by atoms with Crippen LogP contribution >= 0.6 is 0 Å². The van der Waals surface area contributed by atoms with Gasteiger partial charge in [0.1, 0.15) is 11.3 Å². The van der Waals surface area contributed by atoms with Crippen molar-refractivity contribution < 1.29 is 14.1 Å². The Balaban J connectivity index is 2.07. The molecule has 1 heterocycles. The van der Waals surface area contributed by atoms with E-state index in [2.05, 4.69) is 10.5 Å². The lowest BCUT2D eigenvalue weighted by Gasteiger charge is -2.06. The molecule has 6 nitrogen and oxygen atoms in total. The maximum absolute atomic E-state index is 12.0. The van der Waals surface area contributed by atoms with Gasteiger partial charge in [-0.2, -0.15) is 0 Å². The van der Waals surface area contributed by atoms with Gasteiger partial charge in [-0.1, -0.05) is 17.3 Å². The number of carbonyl (C=O) groups is 2. The van der Waals surface area contributed by atoms with Crippen LogP contribution in [0.5, 0.6) is 0 Å². The zero-order valence-electron chi connectivity index (χ0n) is 11.3. The maximum Gasteiger partial charge on any atom is 0.257 e. The van der Waals surface area contributed by atoms with Crippen molar-refractivity contribution in [3.05, 3.63) is 52.4 Å². The summed E-state index contributed by atoms with van der Waals surface area (Å²) in [4.78, 5) is 23.1. The minimum Gasteiger partial charge on any atom is -0.366 e. The summed E-state index contributed by atoms with van der Waals surface area (Å²) < 4.78 is 4.95. The van der Waals surface area contributed by atoms with Gasteiger partial charge in [0.25, 0.3) is 5.91 Å². The van der Waals surface area contributed by atoms with Crippen LogP contribution in [0.4, 0.5) is 0 Å². The molecule has 0 saturated carbocycles. The van der Waals surface area contributed by atoms with Crippen molar-refractivity contribution in [3.8, 4) is 0 Å². The first-order valence-corrected chi connectivity index (χ1v) is 6.09. The van der Waals surface area contributed by atoms with Crippen LogP contribution in [-0.2, 0) is 6.54 Å². The lowest BCUT2D eigenvalue weighted by atomic mass is 10.1. The summed E-state index contributed by atoms with van der Waals surface area (Å²) in [5, 5.41) is 6.49. The smallest absolute Gasteiger partial charge is 0.257 e. The SMILES string of the molecule is Cc1noc(C)c1C(=O)NCc1cccc(C(N)=O)c1. The zero-order valence-corrected chi connectivity index (χ0v) is 11.3. The van der Waals surface area contributed by atoms with Crippen molar-refractivity contribution in [1.29, 1.82) is 0 Å². The Morgan fingerprint density at radius 3 is 2.70 bits per heavy atom. The topological polar surface area (TPSA) is 98.2 Å². The number of nitrogens with one attached hydrogen (secondary N) is 1. The molecule has 2 aromatic rings. The van der Waals surface area contributed by atoms with Crippen LogP contribution in [0.3, 0.4) is 0 Å².